The normalized spacial score (nSPS) is 12.4. The molecule has 9 nitrogen and oxygen atoms in total. The van der Waals surface area contributed by atoms with E-state index < -0.39 is 12.1 Å². The monoisotopic (exact) mass is 505 g/mol. The number of aryl methyl sites for hydroxylation is 2. The number of hydrazone groups is 2. The van der Waals surface area contributed by atoms with E-state index >= 15 is 0 Å². The molecule has 0 aliphatic heterocycles. The fourth-order valence-corrected chi connectivity index (χ4v) is 4.19. The van der Waals surface area contributed by atoms with Crippen molar-refractivity contribution < 1.29 is 19.0 Å². The topological polar surface area (TPSA) is 107 Å². The van der Waals surface area contributed by atoms with Crippen LogP contribution >= 0.6 is 0 Å². The van der Waals surface area contributed by atoms with Gasteiger partial charge in [0.05, 0.1) is 28.9 Å². The van der Waals surface area contributed by atoms with Crippen molar-refractivity contribution >= 4 is 40.1 Å². The Morgan fingerprint density at radius 2 is 1.39 bits per heavy atom. The SMILES string of the molecule is C[n+]1ccc(/C=N/NC(=O)c2cccc(C(O)N/N=C/c3cc[n+](C)c4ccccc34)n2)c2ccccc21. The molecule has 0 fully saturated rings. The minimum atomic E-state index is -1.20. The first kappa shape index (κ1) is 24.7. The zero-order valence-electron chi connectivity index (χ0n) is 21.0. The number of para-hydroxylation sites is 2. The second kappa shape index (κ2) is 10.9. The number of carbonyl (C=O) groups is 1. The van der Waals surface area contributed by atoms with Gasteiger partial charge in [0.25, 0.3) is 5.91 Å². The lowest BCUT2D eigenvalue weighted by molar-refractivity contribution is -0.645. The second-order valence-electron chi connectivity index (χ2n) is 8.73. The van der Waals surface area contributed by atoms with Gasteiger partial charge in [-0.2, -0.15) is 10.2 Å². The number of nitrogens with zero attached hydrogens (tertiary/aromatic N) is 5. The summed E-state index contributed by atoms with van der Waals surface area (Å²) >= 11 is 0. The van der Waals surface area contributed by atoms with E-state index in [2.05, 4.69) is 26.0 Å². The average Bonchev–Trinajstić information content (AvgIpc) is 2.95. The van der Waals surface area contributed by atoms with Gasteiger partial charge in [0.2, 0.25) is 11.0 Å². The number of pyridine rings is 3. The number of benzene rings is 2. The van der Waals surface area contributed by atoms with Crippen LogP contribution in [0, 0.1) is 0 Å². The molecule has 0 aliphatic rings. The lowest BCUT2D eigenvalue weighted by atomic mass is 10.1. The second-order valence-corrected chi connectivity index (χ2v) is 8.73. The maximum absolute atomic E-state index is 12.7. The Kier molecular flexibility index (Phi) is 7.10. The van der Waals surface area contributed by atoms with E-state index in [1.165, 1.54) is 0 Å². The van der Waals surface area contributed by atoms with Crippen molar-refractivity contribution in [1.82, 2.24) is 15.8 Å². The van der Waals surface area contributed by atoms with Crippen LogP contribution in [-0.2, 0) is 14.1 Å². The van der Waals surface area contributed by atoms with E-state index in [-0.39, 0.29) is 11.4 Å². The summed E-state index contributed by atoms with van der Waals surface area (Å²) in [5.41, 5.74) is 9.44. The van der Waals surface area contributed by atoms with Crippen LogP contribution in [0.5, 0.6) is 0 Å². The van der Waals surface area contributed by atoms with Crippen LogP contribution in [0.15, 0.2) is 101 Å². The largest absolute Gasteiger partial charge is 0.367 e. The van der Waals surface area contributed by atoms with Crippen LogP contribution in [0.4, 0.5) is 0 Å². The van der Waals surface area contributed by atoms with E-state index in [9.17, 15) is 9.90 Å². The molecule has 2 aromatic carbocycles. The minimum absolute atomic E-state index is 0.121. The Labute approximate surface area is 219 Å². The molecule has 38 heavy (non-hydrogen) atoms. The molecule has 5 aromatic rings. The summed E-state index contributed by atoms with van der Waals surface area (Å²) in [5, 5.41) is 20.9. The predicted molar refractivity (Wildman–Crippen MR) is 145 cm³/mol. The number of nitrogens with one attached hydrogen (secondary N) is 2. The Bertz CT molecular complexity index is 1700. The third-order valence-corrected chi connectivity index (χ3v) is 6.20. The highest BCUT2D eigenvalue weighted by Gasteiger charge is 2.13. The van der Waals surface area contributed by atoms with Crippen molar-refractivity contribution in [2.45, 2.75) is 6.23 Å². The molecule has 0 spiro atoms. The van der Waals surface area contributed by atoms with Crippen molar-refractivity contribution in [2.75, 3.05) is 0 Å². The number of amides is 1. The zero-order valence-corrected chi connectivity index (χ0v) is 21.0. The van der Waals surface area contributed by atoms with Gasteiger partial charge in [-0.1, -0.05) is 30.3 Å². The van der Waals surface area contributed by atoms with Gasteiger partial charge in [0, 0.05) is 35.4 Å². The van der Waals surface area contributed by atoms with Crippen LogP contribution in [0.1, 0.15) is 33.5 Å². The van der Waals surface area contributed by atoms with Gasteiger partial charge in [-0.05, 0) is 24.3 Å². The molecular formula is C29H27N7O2+2. The number of fused-ring (bicyclic) bond motifs is 2. The zero-order chi connectivity index (χ0) is 26.5. The van der Waals surface area contributed by atoms with Gasteiger partial charge in [0.1, 0.15) is 19.8 Å². The molecule has 0 bridgehead atoms. The number of aromatic nitrogens is 3. The van der Waals surface area contributed by atoms with Crippen molar-refractivity contribution in [3.05, 3.63) is 114 Å². The summed E-state index contributed by atoms with van der Waals surface area (Å²) in [7, 11) is 3.96. The molecule has 1 unspecified atom stereocenters. The summed E-state index contributed by atoms with van der Waals surface area (Å²) < 4.78 is 4.05. The minimum Gasteiger partial charge on any atom is -0.367 e. The maximum atomic E-state index is 12.7. The Hall–Kier alpha value is -5.02. The smallest absolute Gasteiger partial charge is 0.289 e. The molecule has 0 radical (unpaired) electrons. The molecule has 9 heteroatoms. The summed E-state index contributed by atoms with van der Waals surface area (Å²) in [4.78, 5) is 16.9. The predicted octanol–water partition coefficient (Wildman–Crippen LogP) is 2.42. The quantitative estimate of drug-likeness (QED) is 0.137. The molecule has 1 atom stereocenters. The molecule has 0 saturated heterocycles. The number of aliphatic hydroxyl groups is 1. The molecule has 188 valence electrons. The molecule has 5 rings (SSSR count). The van der Waals surface area contributed by atoms with Crippen molar-refractivity contribution in [3.8, 4) is 0 Å². The molecule has 0 aliphatic carbocycles. The standard InChI is InChI=1S/C29H25N7O2/c1-35-16-14-20(22-8-3-5-12-26(22)35)18-30-33-28(37)24-10-7-11-25(32-24)29(38)34-31-19-21-15-17-36(2)27-13-6-4-9-23(21)27/h3-19,28,37H,1-2H3/p+2. The number of rotatable bonds is 7. The first-order valence-electron chi connectivity index (χ1n) is 12.0. The Morgan fingerprint density at radius 1 is 0.816 bits per heavy atom. The van der Waals surface area contributed by atoms with Crippen molar-refractivity contribution in [1.29, 1.82) is 0 Å². The van der Waals surface area contributed by atoms with Gasteiger partial charge in [-0.25, -0.2) is 19.5 Å². The van der Waals surface area contributed by atoms with Gasteiger partial charge in [-0.3, -0.25) is 10.2 Å². The van der Waals surface area contributed by atoms with E-state index in [0.717, 1.165) is 32.9 Å². The first-order valence-corrected chi connectivity index (χ1v) is 12.0. The third-order valence-electron chi connectivity index (χ3n) is 6.20. The molecular weight excluding hydrogens is 478 g/mol. The van der Waals surface area contributed by atoms with E-state index in [4.69, 9.17) is 0 Å². The first-order chi connectivity index (χ1) is 18.5. The van der Waals surface area contributed by atoms with Crippen LogP contribution in [-0.4, -0.2) is 28.4 Å². The van der Waals surface area contributed by atoms with Crippen LogP contribution in [0.2, 0.25) is 0 Å². The third kappa shape index (κ3) is 5.23. The van der Waals surface area contributed by atoms with Gasteiger partial charge in [0.15, 0.2) is 18.6 Å². The van der Waals surface area contributed by atoms with Crippen LogP contribution in [0.3, 0.4) is 0 Å². The maximum Gasteiger partial charge on any atom is 0.289 e. The summed E-state index contributed by atoms with van der Waals surface area (Å²) in [6.45, 7) is 0. The Balaban J connectivity index is 1.25. The van der Waals surface area contributed by atoms with Gasteiger partial charge < -0.3 is 5.11 Å². The molecule has 0 saturated carbocycles. The number of carbonyl (C=O) groups excluding carboxylic acids is 1. The number of hydrogen-bond donors (Lipinski definition) is 3. The van der Waals surface area contributed by atoms with Crippen molar-refractivity contribution in [2.24, 2.45) is 24.3 Å². The lowest BCUT2D eigenvalue weighted by Crippen LogP contribution is -2.28. The average molecular weight is 506 g/mol. The summed E-state index contributed by atoms with van der Waals surface area (Å²) in [6.07, 6.45) is 5.93. The fraction of sp³-hybridized carbons (Fsp3) is 0.103. The summed E-state index contributed by atoms with van der Waals surface area (Å²) in [6, 6.07) is 24.6. The fourth-order valence-electron chi connectivity index (χ4n) is 4.19. The number of aliphatic hydroxyl groups excluding tert-OH is 1. The number of hydrogen-bond acceptors (Lipinski definition) is 6. The highest BCUT2D eigenvalue weighted by Crippen LogP contribution is 2.14. The van der Waals surface area contributed by atoms with Crippen LogP contribution < -0.4 is 20.0 Å². The highest BCUT2D eigenvalue weighted by molar-refractivity contribution is 5.98. The molecule has 3 N–H and O–H groups in total. The highest BCUT2D eigenvalue weighted by atomic mass is 16.3. The molecule has 3 aromatic heterocycles. The van der Waals surface area contributed by atoms with E-state index in [1.54, 1.807) is 30.6 Å². The van der Waals surface area contributed by atoms with E-state index in [1.807, 2.05) is 96.3 Å². The molecule has 1 amide bonds. The van der Waals surface area contributed by atoms with E-state index in [0.29, 0.717) is 0 Å². The van der Waals surface area contributed by atoms with Crippen molar-refractivity contribution in [3.63, 3.8) is 0 Å². The summed E-state index contributed by atoms with van der Waals surface area (Å²) in [5.74, 6) is -0.492. The van der Waals surface area contributed by atoms with Gasteiger partial charge in [-0.15, -0.1) is 0 Å². The van der Waals surface area contributed by atoms with Crippen LogP contribution in [0.25, 0.3) is 21.8 Å². The molecule has 3 heterocycles. The Morgan fingerprint density at radius 3 is 2.03 bits per heavy atom. The lowest BCUT2D eigenvalue weighted by Gasteiger charge is -2.10. The van der Waals surface area contributed by atoms with Gasteiger partial charge >= 0.3 is 0 Å².